The molecule has 20 heavy (non-hydrogen) atoms. The van der Waals surface area contributed by atoms with E-state index in [0.717, 1.165) is 38.0 Å². The van der Waals surface area contributed by atoms with Gasteiger partial charge in [0.2, 0.25) is 5.91 Å². The molecule has 3 rings (SSSR count). The minimum absolute atomic E-state index is 0.102. The third kappa shape index (κ3) is 2.65. The van der Waals surface area contributed by atoms with Crippen LogP contribution in [0.5, 0.6) is 0 Å². The molecule has 0 aromatic carbocycles. The van der Waals surface area contributed by atoms with E-state index in [1.54, 1.807) is 6.26 Å². The summed E-state index contributed by atoms with van der Waals surface area (Å²) in [6.45, 7) is 0.811. The lowest BCUT2D eigenvalue weighted by molar-refractivity contribution is -0.134. The zero-order valence-corrected chi connectivity index (χ0v) is 11.7. The number of hydrogen-bond acceptors (Lipinski definition) is 3. The Morgan fingerprint density at radius 2 is 2.25 bits per heavy atom. The number of likely N-dealkylation sites (tertiary alicyclic amines) is 1. The van der Waals surface area contributed by atoms with Crippen LogP contribution >= 0.6 is 0 Å². The number of nitrogens with zero attached hydrogens (tertiary/aromatic N) is 1. The Balaban J connectivity index is 1.59. The van der Waals surface area contributed by atoms with Gasteiger partial charge in [-0.05, 0) is 37.8 Å². The van der Waals surface area contributed by atoms with Gasteiger partial charge >= 0.3 is 0 Å². The van der Waals surface area contributed by atoms with E-state index in [2.05, 4.69) is 0 Å². The second-order valence-electron chi connectivity index (χ2n) is 5.84. The van der Waals surface area contributed by atoms with Crippen molar-refractivity contribution in [2.75, 3.05) is 6.54 Å². The summed E-state index contributed by atoms with van der Waals surface area (Å²) >= 11 is 0. The molecule has 2 heterocycles. The van der Waals surface area contributed by atoms with E-state index in [1.165, 1.54) is 0 Å². The molecule has 4 nitrogen and oxygen atoms in total. The zero-order valence-electron chi connectivity index (χ0n) is 11.7. The zero-order chi connectivity index (χ0) is 13.9. The van der Waals surface area contributed by atoms with Gasteiger partial charge in [-0.3, -0.25) is 9.59 Å². The molecule has 2 fully saturated rings. The summed E-state index contributed by atoms with van der Waals surface area (Å²) in [4.78, 5) is 26.3. The SMILES string of the molecule is O=C1CCCC1C1CCCN1C(=O)CCc1ccco1. The van der Waals surface area contributed by atoms with Crippen molar-refractivity contribution in [3.05, 3.63) is 24.2 Å². The Kier molecular flexibility index (Phi) is 3.90. The lowest BCUT2D eigenvalue weighted by Gasteiger charge is -2.28. The van der Waals surface area contributed by atoms with Crippen LogP contribution in [0.1, 0.15) is 44.3 Å². The standard InChI is InChI=1S/C16H21NO3/c18-15-7-1-5-13(15)14-6-2-10-17(14)16(19)9-8-12-4-3-11-20-12/h3-4,11,13-14H,1-2,5-10H2. The van der Waals surface area contributed by atoms with E-state index < -0.39 is 0 Å². The van der Waals surface area contributed by atoms with Gasteiger partial charge in [0.15, 0.2) is 0 Å². The van der Waals surface area contributed by atoms with Gasteiger partial charge in [0.1, 0.15) is 11.5 Å². The fourth-order valence-corrected chi connectivity index (χ4v) is 3.60. The minimum Gasteiger partial charge on any atom is -0.469 e. The quantitative estimate of drug-likeness (QED) is 0.848. The molecule has 2 aliphatic rings. The predicted octanol–water partition coefficient (Wildman–Crippen LogP) is 2.57. The van der Waals surface area contributed by atoms with E-state index in [0.29, 0.717) is 25.0 Å². The van der Waals surface area contributed by atoms with E-state index in [-0.39, 0.29) is 17.9 Å². The van der Waals surface area contributed by atoms with Crippen molar-refractivity contribution in [2.24, 2.45) is 5.92 Å². The van der Waals surface area contributed by atoms with Crippen molar-refractivity contribution < 1.29 is 14.0 Å². The number of carbonyl (C=O) groups is 2. The average Bonchev–Trinajstić information content (AvgIpc) is 3.16. The molecule has 1 saturated carbocycles. The first kappa shape index (κ1) is 13.4. The van der Waals surface area contributed by atoms with Crippen molar-refractivity contribution >= 4 is 11.7 Å². The van der Waals surface area contributed by atoms with Crippen LogP contribution in [-0.2, 0) is 16.0 Å². The Hall–Kier alpha value is -1.58. The molecule has 0 radical (unpaired) electrons. The lowest BCUT2D eigenvalue weighted by atomic mass is 9.95. The maximum absolute atomic E-state index is 12.4. The normalized spacial score (nSPS) is 26.4. The molecule has 0 bridgehead atoms. The molecular formula is C16H21NO3. The highest BCUT2D eigenvalue weighted by molar-refractivity contribution is 5.85. The number of amides is 1. The molecule has 1 saturated heterocycles. The number of aryl methyl sites for hydroxylation is 1. The summed E-state index contributed by atoms with van der Waals surface area (Å²) in [5.74, 6) is 1.49. The second-order valence-corrected chi connectivity index (χ2v) is 5.84. The van der Waals surface area contributed by atoms with Crippen molar-refractivity contribution in [3.8, 4) is 0 Å². The Morgan fingerprint density at radius 1 is 1.35 bits per heavy atom. The highest BCUT2D eigenvalue weighted by atomic mass is 16.3. The van der Waals surface area contributed by atoms with Crippen LogP contribution < -0.4 is 0 Å². The molecule has 0 spiro atoms. The fourth-order valence-electron chi connectivity index (χ4n) is 3.60. The van der Waals surface area contributed by atoms with Gasteiger partial charge in [-0.25, -0.2) is 0 Å². The van der Waals surface area contributed by atoms with E-state index >= 15 is 0 Å². The maximum Gasteiger partial charge on any atom is 0.223 e. The van der Waals surface area contributed by atoms with Crippen molar-refractivity contribution in [1.29, 1.82) is 0 Å². The molecule has 2 atom stereocenters. The summed E-state index contributed by atoms with van der Waals surface area (Å²) in [5.41, 5.74) is 0. The van der Waals surface area contributed by atoms with Gasteiger partial charge in [0, 0.05) is 37.8 Å². The third-order valence-electron chi connectivity index (χ3n) is 4.60. The van der Waals surface area contributed by atoms with Crippen LogP contribution in [0, 0.1) is 5.92 Å². The van der Waals surface area contributed by atoms with Gasteiger partial charge in [0.25, 0.3) is 0 Å². The van der Waals surface area contributed by atoms with E-state index in [1.807, 2.05) is 17.0 Å². The number of Topliss-reactive ketones (excluding diaryl/α,β-unsaturated/α-hetero) is 1. The minimum atomic E-state index is 0.102. The molecule has 108 valence electrons. The largest absolute Gasteiger partial charge is 0.469 e. The summed E-state index contributed by atoms with van der Waals surface area (Å²) in [6.07, 6.45) is 7.44. The van der Waals surface area contributed by atoms with Crippen LogP contribution in [0.15, 0.2) is 22.8 Å². The van der Waals surface area contributed by atoms with Gasteiger partial charge in [-0.15, -0.1) is 0 Å². The van der Waals surface area contributed by atoms with Crippen molar-refractivity contribution in [1.82, 2.24) is 4.90 Å². The van der Waals surface area contributed by atoms with Gasteiger partial charge in [-0.1, -0.05) is 0 Å². The number of rotatable bonds is 4. The number of hydrogen-bond donors (Lipinski definition) is 0. The molecule has 1 aromatic rings. The van der Waals surface area contributed by atoms with Gasteiger partial charge in [-0.2, -0.15) is 0 Å². The summed E-state index contributed by atoms with van der Waals surface area (Å²) in [5, 5.41) is 0. The maximum atomic E-state index is 12.4. The average molecular weight is 275 g/mol. The third-order valence-corrected chi connectivity index (χ3v) is 4.60. The predicted molar refractivity (Wildman–Crippen MR) is 74.1 cm³/mol. The van der Waals surface area contributed by atoms with Gasteiger partial charge in [0.05, 0.1) is 6.26 Å². The second kappa shape index (κ2) is 5.81. The van der Waals surface area contributed by atoms with E-state index in [4.69, 9.17) is 4.42 Å². The highest BCUT2D eigenvalue weighted by Crippen LogP contribution is 2.33. The Bertz CT molecular complexity index is 480. The Morgan fingerprint density at radius 3 is 2.95 bits per heavy atom. The molecule has 4 heteroatoms. The Labute approximate surface area is 119 Å². The molecular weight excluding hydrogens is 254 g/mol. The topological polar surface area (TPSA) is 50.5 Å². The van der Waals surface area contributed by atoms with Gasteiger partial charge < -0.3 is 9.32 Å². The van der Waals surface area contributed by atoms with Crippen LogP contribution in [0.3, 0.4) is 0 Å². The monoisotopic (exact) mass is 275 g/mol. The first-order valence-electron chi connectivity index (χ1n) is 7.60. The lowest BCUT2D eigenvalue weighted by Crippen LogP contribution is -2.41. The molecule has 1 amide bonds. The first-order chi connectivity index (χ1) is 9.75. The van der Waals surface area contributed by atoms with Crippen LogP contribution in [0.4, 0.5) is 0 Å². The summed E-state index contributed by atoms with van der Waals surface area (Å²) in [6, 6.07) is 3.90. The molecule has 1 aliphatic heterocycles. The number of carbonyl (C=O) groups excluding carboxylic acids is 2. The number of ketones is 1. The molecule has 1 aliphatic carbocycles. The van der Waals surface area contributed by atoms with Crippen LogP contribution in [0.2, 0.25) is 0 Å². The van der Waals surface area contributed by atoms with Crippen LogP contribution in [-0.4, -0.2) is 29.2 Å². The van der Waals surface area contributed by atoms with Crippen LogP contribution in [0.25, 0.3) is 0 Å². The first-order valence-corrected chi connectivity index (χ1v) is 7.60. The molecule has 2 unspecified atom stereocenters. The molecule has 1 aromatic heterocycles. The summed E-state index contributed by atoms with van der Waals surface area (Å²) in [7, 11) is 0. The number of furan rings is 1. The fraction of sp³-hybridized carbons (Fsp3) is 0.625. The molecule has 0 N–H and O–H groups in total. The summed E-state index contributed by atoms with van der Waals surface area (Å²) < 4.78 is 5.27. The van der Waals surface area contributed by atoms with Crippen molar-refractivity contribution in [3.63, 3.8) is 0 Å². The smallest absolute Gasteiger partial charge is 0.223 e. The van der Waals surface area contributed by atoms with Crippen molar-refractivity contribution in [2.45, 2.75) is 51.0 Å². The van der Waals surface area contributed by atoms with E-state index in [9.17, 15) is 9.59 Å². The highest BCUT2D eigenvalue weighted by Gasteiger charge is 2.39.